The highest BCUT2D eigenvalue weighted by molar-refractivity contribution is 5.99. The number of phenolic OH excluding ortho intramolecular Hbond substituents is 1. The number of carboxylic acid groups (broad SMARTS) is 1. The number of fused-ring (bicyclic) bond motifs is 1. The van der Waals surface area contributed by atoms with E-state index in [-0.39, 0.29) is 52.0 Å². The molecule has 0 spiro atoms. The molecule has 54 heavy (non-hydrogen) atoms. The fraction of sp³-hybridized carbons (Fsp3) is 0.375. The van der Waals surface area contributed by atoms with Crippen LogP contribution in [0.25, 0.3) is 28.2 Å². The van der Waals surface area contributed by atoms with Crippen LogP contribution in [-0.4, -0.2) is 93.8 Å². The third kappa shape index (κ3) is 9.16. The number of carbonyl (C=O) groups is 2. The van der Waals surface area contributed by atoms with Gasteiger partial charge >= 0.3 is 5.97 Å². The van der Waals surface area contributed by atoms with Gasteiger partial charge in [-0.3, -0.25) is 9.59 Å². The zero-order chi connectivity index (χ0) is 39.0. The Hall–Kier alpha value is -5.09. The van der Waals surface area contributed by atoms with Crippen molar-refractivity contribution in [3.63, 3.8) is 0 Å². The minimum absolute atomic E-state index is 0.0336. The number of ether oxygens (including phenoxy) is 2. The Morgan fingerprint density at radius 3 is 2.41 bits per heavy atom. The first kappa shape index (κ1) is 40.1. The standard InChI is InChI=1S/C40H47N3O11/c1-3-18-42-20-26(23(2)8-7-11-24-9-5-4-6-10-24)21-43-22-40(51)36(47)33(46)35(38(49)50)54-39(40)52-28-16-17-29-30(19-28)53-34(37(41)48)31(32(29)45)25-12-14-27(44)15-13-25/h4-7,9-17,19,23,26,33,35-36,39,42-44,46-47,51H,3,8,18,20-22H2,1-2H3,(H2,41,48)(H,49,50)/b11-7+/t23-,26-,33-,35+,36+,39-,40-/m1/s1. The fourth-order valence-electron chi connectivity index (χ4n) is 6.46. The third-order valence-corrected chi connectivity index (χ3v) is 9.62. The highest BCUT2D eigenvalue weighted by atomic mass is 16.7. The van der Waals surface area contributed by atoms with Gasteiger partial charge in [-0.1, -0.05) is 68.5 Å². The van der Waals surface area contributed by atoms with Gasteiger partial charge in [-0.15, -0.1) is 0 Å². The number of rotatable bonds is 17. The zero-order valence-electron chi connectivity index (χ0n) is 30.1. The summed E-state index contributed by atoms with van der Waals surface area (Å²) in [5.41, 5.74) is 3.72. The van der Waals surface area contributed by atoms with Gasteiger partial charge in [-0.05, 0) is 79.7 Å². The van der Waals surface area contributed by atoms with Crippen LogP contribution in [0.4, 0.5) is 0 Å². The van der Waals surface area contributed by atoms with Gasteiger partial charge in [-0.25, -0.2) is 4.79 Å². The van der Waals surface area contributed by atoms with Crippen molar-refractivity contribution in [2.75, 3.05) is 26.2 Å². The van der Waals surface area contributed by atoms with Crippen LogP contribution < -0.4 is 26.5 Å². The van der Waals surface area contributed by atoms with Gasteiger partial charge in [-0.2, -0.15) is 0 Å². The minimum Gasteiger partial charge on any atom is -0.508 e. The van der Waals surface area contributed by atoms with Gasteiger partial charge in [0.05, 0.1) is 10.9 Å². The van der Waals surface area contributed by atoms with Crippen LogP contribution in [0.5, 0.6) is 11.5 Å². The molecule has 5 rings (SSSR count). The van der Waals surface area contributed by atoms with E-state index in [2.05, 4.69) is 36.6 Å². The molecule has 288 valence electrons. The molecule has 14 heteroatoms. The number of hydrogen-bond donors (Lipinski definition) is 8. The van der Waals surface area contributed by atoms with Crippen molar-refractivity contribution in [1.29, 1.82) is 0 Å². The molecule has 1 aliphatic rings. The van der Waals surface area contributed by atoms with Gasteiger partial charge in [0.2, 0.25) is 17.5 Å². The lowest BCUT2D eigenvalue weighted by Gasteiger charge is -2.47. The number of carboxylic acids is 1. The van der Waals surface area contributed by atoms with Crippen LogP contribution in [0.2, 0.25) is 0 Å². The first-order valence-corrected chi connectivity index (χ1v) is 17.8. The van der Waals surface area contributed by atoms with E-state index in [1.807, 2.05) is 30.3 Å². The molecule has 9 N–H and O–H groups in total. The molecule has 1 aromatic heterocycles. The number of phenols is 1. The molecule has 2 heterocycles. The molecular weight excluding hydrogens is 698 g/mol. The van der Waals surface area contributed by atoms with E-state index < -0.39 is 53.3 Å². The summed E-state index contributed by atoms with van der Waals surface area (Å²) in [4.78, 5) is 38.0. The quantitative estimate of drug-likeness (QED) is 0.0728. The maximum Gasteiger partial charge on any atom is 0.335 e. The second-order valence-electron chi connectivity index (χ2n) is 13.6. The molecule has 0 radical (unpaired) electrons. The summed E-state index contributed by atoms with van der Waals surface area (Å²) in [5.74, 6) is -2.98. The van der Waals surface area contributed by atoms with E-state index in [9.17, 15) is 39.9 Å². The number of carbonyl (C=O) groups excluding carboxylic acids is 1. The average Bonchev–Trinajstić information content (AvgIpc) is 3.15. The summed E-state index contributed by atoms with van der Waals surface area (Å²) >= 11 is 0. The highest BCUT2D eigenvalue weighted by Gasteiger charge is 2.58. The average molecular weight is 746 g/mol. The molecule has 0 saturated carbocycles. The van der Waals surface area contributed by atoms with Crippen molar-refractivity contribution < 1.29 is 49.0 Å². The van der Waals surface area contributed by atoms with Crippen molar-refractivity contribution in [3.8, 4) is 22.6 Å². The first-order valence-electron chi connectivity index (χ1n) is 17.8. The number of primary amides is 1. The molecule has 3 aromatic carbocycles. The smallest absolute Gasteiger partial charge is 0.335 e. The molecule has 1 aliphatic heterocycles. The second-order valence-corrected chi connectivity index (χ2v) is 13.6. The molecule has 0 bridgehead atoms. The molecule has 4 aromatic rings. The molecule has 0 aliphatic carbocycles. The second kappa shape index (κ2) is 17.8. The SMILES string of the molecule is CCCNC[C@H](CNC[C@]1(O)[C@H](Oc2ccc3c(=O)c(-c4ccc(O)cc4)c(C(N)=O)oc3c2)O[C@H](C(=O)O)[C@@H](O)[C@@H]1O)[C@H](C)C/C=C/c1ccccc1. The van der Waals surface area contributed by atoms with Crippen molar-refractivity contribution >= 4 is 28.9 Å². The number of benzene rings is 3. The van der Waals surface area contributed by atoms with Gasteiger partial charge in [0.15, 0.2) is 11.7 Å². The Bertz CT molecular complexity index is 1990. The lowest BCUT2D eigenvalue weighted by molar-refractivity contribution is -0.311. The van der Waals surface area contributed by atoms with E-state index in [0.717, 1.165) is 24.9 Å². The fourth-order valence-corrected chi connectivity index (χ4v) is 6.46. The minimum atomic E-state index is -2.37. The van der Waals surface area contributed by atoms with Gasteiger partial charge < -0.3 is 55.8 Å². The van der Waals surface area contributed by atoms with Crippen LogP contribution in [0.1, 0.15) is 42.8 Å². The van der Waals surface area contributed by atoms with Crippen LogP contribution in [-0.2, 0) is 9.53 Å². The van der Waals surface area contributed by atoms with Crippen LogP contribution >= 0.6 is 0 Å². The number of allylic oxidation sites excluding steroid dienone is 1. The predicted molar refractivity (Wildman–Crippen MR) is 201 cm³/mol. The lowest BCUT2D eigenvalue weighted by Crippen LogP contribution is -2.71. The lowest BCUT2D eigenvalue weighted by atomic mass is 9.85. The number of aromatic hydroxyl groups is 1. The Kier molecular flexibility index (Phi) is 13.2. The first-order chi connectivity index (χ1) is 25.8. The van der Waals surface area contributed by atoms with E-state index in [0.29, 0.717) is 13.1 Å². The molecule has 7 atom stereocenters. The van der Waals surface area contributed by atoms with Gasteiger partial charge in [0.1, 0.15) is 29.3 Å². The van der Waals surface area contributed by atoms with Crippen molar-refractivity contribution in [2.24, 2.45) is 17.6 Å². The summed E-state index contributed by atoms with van der Waals surface area (Å²) < 4.78 is 17.3. The molecular formula is C40H47N3O11. The largest absolute Gasteiger partial charge is 0.508 e. The molecule has 14 nitrogen and oxygen atoms in total. The predicted octanol–water partition coefficient (Wildman–Crippen LogP) is 2.85. The molecule has 1 saturated heterocycles. The Morgan fingerprint density at radius 2 is 1.74 bits per heavy atom. The third-order valence-electron chi connectivity index (χ3n) is 9.62. The molecule has 0 unspecified atom stereocenters. The number of amides is 1. The van der Waals surface area contributed by atoms with Crippen molar-refractivity contribution in [1.82, 2.24) is 10.6 Å². The van der Waals surface area contributed by atoms with E-state index >= 15 is 0 Å². The number of hydrogen-bond acceptors (Lipinski definition) is 12. The summed E-state index contributed by atoms with van der Waals surface area (Å²) in [7, 11) is 0. The Labute approximate surface area is 311 Å². The van der Waals surface area contributed by atoms with Crippen molar-refractivity contribution in [3.05, 3.63) is 100 Å². The van der Waals surface area contributed by atoms with Gasteiger partial charge in [0, 0.05) is 12.6 Å². The Morgan fingerprint density at radius 1 is 1.04 bits per heavy atom. The zero-order valence-corrected chi connectivity index (χ0v) is 30.1. The summed E-state index contributed by atoms with van der Waals surface area (Å²) in [6.45, 7) is 5.65. The summed E-state index contributed by atoms with van der Waals surface area (Å²) in [6.07, 6.45) is -1.97. The molecule has 1 amide bonds. The van der Waals surface area contributed by atoms with Crippen LogP contribution in [0, 0.1) is 11.8 Å². The number of aliphatic hydroxyl groups excluding tert-OH is 2. The normalized spacial score (nSPS) is 22.6. The van der Waals surface area contributed by atoms with E-state index in [1.54, 1.807) is 0 Å². The number of nitrogens with one attached hydrogen (secondary N) is 2. The summed E-state index contributed by atoms with van der Waals surface area (Å²) in [5, 5.41) is 59.9. The summed E-state index contributed by atoms with van der Waals surface area (Å²) in [6, 6.07) is 19.4. The van der Waals surface area contributed by atoms with E-state index in [4.69, 9.17) is 19.6 Å². The number of nitrogens with two attached hydrogens (primary N) is 1. The molecule has 1 fully saturated rings. The number of aliphatic hydroxyl groups is 3. The number of aliphatic carboxylic acids is 1. The monoisotopic (exact) mass is 745 g/mol. The van der Waals surface area contributed by atoms with E-state index in [1.165, 1.54) is 42.5 Å². The topological polar surface area (TPSA) is 234 Å². The highest BCUT2D eigenvalue weighted by Crippen LogP contribution is 2.34. The maximum atomic E-state index is 13.6. The maximum absolute atomic E-state index is 13.6. The Balaban J connectivity index is 1.39. The van der Waals surface area contributed by atoms with Gasteiger partial charge in [0.25, 0.3) is 5.91 Å². The van der Waals surface area contributed by atoms with Crippen LogP contribution in [0.15, 0.2) is 88.1 Å². The van der Waals surface area contributed by atoms with Crippen LogP contribution in [0.3, 0.4) is 0 Å². The van der Waals surface area contributed by atoms with Crippen molar-refractivity contribution in [2.45, 2.75) is 56.9 Å².